The van der Waals surface area contributed by atoms with Crippen LogP contribution in [0.2, 0.25) is 0 Å². The Hall–Kier alpha value is -3.45. The minimum atomic E-state index is -0.555. The zero-order valence-corrected chi connectivity index (χ0v) is 19.4. The Bertz CT molecular complexity index is 1120. The molecule has 0 unspecified atom stereocenters. The Balaban J connectivity index is 1.32. The van der Waals surface area contributed by atoms with E-state index in [0.29, 0.717) is 5.82 Å². The average molecular weight is 446 g/mol. The third-order valence-corrected chi connectivity index (χ3v) is 6.19. The quantitative estimate of drug-likeness (QED) is 0.502. The highest BCUT2D eigenvalue weighted by molar-refractivity contribution is 5.93. The van der Waals surface area contributed by atoms with E-state index in [1.54, 1.807) is 18.3 Å². The molecule has 3 N–H and O–H groups in total. The second-order valence-electron chi connectivity index (χ2n) is 9.26. The second kappa shape index (κ2) is 9.58. The van der Waals surface area contributed by atoms with Crippen molar-refractivity contribution in [2.45, 2.75) is 32.2 Å². The number of nitrogens with zero attached hydrogens (tertiary/aromatic N) is 2. The van der Waals surface area contributed by atoms with Crippen molar-refractivity contribution in [2.24, 2.45) is 5.92 Å². The van der Waals surface area contributed by atoms with Crippen LogP contribution >= 0.6 is 0 Å². The summed E-state index contributed by atoms with van der Waals surface area (Å²) in [5, 5.41) is 7.06. The fourth-order valence-electron chi connectivity index (χ4n) is 4.08. The minimum Gasteiger partial charge on any atom is -0.356 e. The molecule has 1 fully saturated rings. The van der Waals surface area contributed by atoms with Gasteiger partial charge in [-0.15, -0.1) is 0 Å². The van der Waals surface area contributed by atoms with Crippen molar-refractivity contribution in [3.63, 3.8) is 0 Å². The number of rotatable bonds is 6. The smallest absolute Gasteiger partial charge is 0.244 e. The molecule has 0 saturated carbocycles. The molecule has 33 heavy (non-hydrogen) atoms. The summed E-state index contributed by atoms with van der Waals surface area (Å²) in [4.78, 5) is 34.9. The van der Waals surface area contributed by atoms with Crippen LogP contribution in [-0.4, -0.2) is 46.8 Å². The Morgan fingerprint density at radius 2 is 1.91 bits per heavy atom. The summed E-state index contributed by atoms with van der Waals surface area (Å²) in [6.45, 7) is 5.81. The lowest BCUT2D eigenvalue weighted by molar-refractivity contribution is -0.121. The number of amides is 2. The lowest BCUT2D eigenvalue weighted by Gasteiger charge is -2.27. The number of benzene rings is 1. The number of fused-ring (bicyclic) bond motifs is 1. The number of hydrogen-bond acceptors (Lipinski definition) is 4. The monoisotopic (exact) mass is 445 g/mol. The zero-order valence-electron chi connectivity index (χ0n) is 19.4. The van der Waals surface area contributed by atoms with Crippen molar-refractivity contribution in [1.82, 2.24) is 20.2 Å². The van der Waals surface area contributed by atoms with Gasteiger partial charge in [0.1, 0.15) is 5.82 Å². The number of piperidine rings is 1. The van der Waals surface area contributed by atoms with Gasteiger partial charge in [-0.2, -0.15) is 0 Å². The van der Waals surface area contributed by atoms with E-state index >= 15 is 0 Å². The van der Waals surface area contributed by atoms with E-state index in [0.717, 1.165) is 48.1 Å². The number of anilines is 1. The number of carbonyl (C=O) groups excluding carboxylic acids is 2. The topological polar surface area (TPSA) is 90.1 Å². The summed E-state index contributed by atoms with van der Waals surface area (Å²) in [5.74, 6) is 0.392. The molecule has 1 aromatic carbocycles. The van der Waals surface area contributed by atoms with Gasteiger partial charge in [0.2, 0.25) is 11.8 Å². The van der Waals surface area contributed by atoms with Gasteiger partial charge in [-0.25, -0.2) is 4.98 Å². The van der Waals surface area contributed by atoms with E-state index in [-0.39, 0.29) is 17.7 Å². The fourth-order valence-corrected chi connectivity index (χ4v) is 4.08. The summed E-state index contributed by atoms with van der Waals surface area (Å²) >= 11 is 0. The fraction of sp³-hybridized carbons (Fsp3) is 0.346. The highest BCUT2D eigenvalue weighted by Crippen LogP contribution is 2.24. The number of carbonyl (C=O) groups is 2. The van der Waals surface area contributed by atoms with Gasteiger partial charge >= 0.3 is 0 Å². The van der Waals surface area contributed by atoms with Gasteiger partial charge in [0.05, 0.1) is 5.54 Å². The first-order chi connectivity index (χ1) is 15.8. The molecule has 0 aliphatic carbocycles. The number of aromatic nitrogens is 2. The van der Waals surface area contributed by atoms with Gasteiger partial charge in [-0.1, -0.05) is 18.2 Å². The molecule has 1 saturated heterocycles. The van der Waals surface area contributed by atoms with E-state index in [9.17, 15) is 9.59 Å². The minimum absolute atomic E-state index is 0.0254. The maximum Gasteiger partial charge on any atom is 0.244 e. The van der Waals surface area contributed by atoms with E-state index < -0.39 is 5.54 Å². The molecule has 4 rings (SSSR count). The van der Waals surface area contributed by atoms with Crippen molar-refractivity contribution in [3.05, 3.63) is 66.0 Å². The molecule has 0 atom stereocenters. The third kappa shape index (κ3) is 5.68. The highest BCUT2D eigenvalue weighted by atomic mass is 16.2. The maximum atomic E-state index is 12.5. The van der Waals surface area contributed by atoms with Crippen LogP contribution in [0.15, 0.2) is 54.7 Å². The van der Waals surface area contributed by atoms with Crippen molar-refractivity contribution in [1.29, 1.82) is 0 Å². The molecule has 1 aliphatic heterocycles. The molecule has 2 aromatic heterocycles. The number of hydrogen-bond donors (Lipinski definition) is 3. The SMILES string of the molecule is CN1CCC(C(=O)Nc2ccc(C=CC(=O)NC(C)(C)c3cc4ccccc4[nH]3)cn2)CC1. The van der Waals surface area contributed by atoms with Gasteiger partial charge < -0.3 is 20.5 Å². The number of pyridine rings is 1. The Kier molecular flexibility index (Phi) is 6.60. The standard InChI is InChI=1S/C26H31N5O2/c1-26(2,22-16-20-6-4-5-7-21(20)28-22)30-24(32)11-9-18-8-10-23(27-17-18)29-25(33)19-12-14-31(3)15-13-19/h4-11,16-17,19,28H,12-15H2,1-3H3,(H,30,32)(H,27,29,33). The Morgan fingerprint density at radius 3 is 2.61 bits per heavy atom. The first kappa shape index (κ1) is 22.7. The van der Waals surface area contributed by atoms with E-state index in [4.69, 9.17) is 0 Å². The first-order valence-corrected chi connectivity index (χ1v) is 11.3. The van der Waals surface area contributed by atoms with Crippen LogP contribution in [0.3, 0.4) is 0 Å². The van der Waals surface area contributed by atoms with Crippen LogP contribution in [0, 0.1) is 5.92 Å². The highest BCUT2D eigenvalue weighted by Gasteiger charge is 2.24. The van der Waals surface area contributed by atoms with Crippen LogP contribution in [0.5, 0.6) is 0 Å². The summed E-state index contributed by atoms with van der Waals surface area (Å²) < 4.78 is 0. The first-order valence-electron chi connectivity index (χ1n) is 11.3. The molecular weight excluding hydrogens is 414 g/mol. The van der Waals surface area contributed by atoms with Gasteiger partial charge in [0, 0.05) is 29.4 Å². The average Bonchev–Trinajstić information content (AvgIpc) is 3.24. The number of likely N-dealkylation sites (tertiary alicyclic amines) is 1. The summed E-state index contributed by atoms with van der Waals surface area (Å²) in [7, 11) is 2.07. The molecule has 0 radical (unpaired) electrons. The summed E-state index contributed by atoms with van der Waals surface area (Å²) in [6.07, 6.45) is 6.60. The largest absolute Gasteiger partial charge is 0.356 e. The Labute approximate surface area is 194 Å². The van der Waals surface area contributed by atoms with E-state index in [2.05, 4.69) is 38.6 Å². The molecule has 0 bridgehead atoms. The van der Waals surface area contributed by atoms with Crippen LogP contribution < -0.4 is 10.6 Å². The van der Waals surface area contributed by atoms with E-state index in [1.165, 1.54) is 6.08 Å². The number of para-hydroxylation sites is 1. The van der Waals surface area contributed by atoms with E-state index in [1.807, 2.05) is 44.2 Å². The van der Waals surface area contributed by atoms with Crippen molar-refractivity contribution >= 4 is 34.6 Å². The summed E-state index contributed by atoms with van der Waals surface area (Å²) in [6, 6.07) is 13.7. The van der Waals surface area contributed by atoms with Gasteiger partial charge in [-0.3, -0.25) is 9.59 Å². The van der Waals surface area contributed by atoms with Crippen molar-refractivity contribution in [2.75, 3.05) is 25.5 Å². The normalized spacial score (nSPS) is 15.7. The van der Waals surface area contributed by atoms with Crippen molar-refractivity contribution in [3.8, 4) is 0 Å². The lowest BCUT2D eigenvalue weighted by Crippen LogP contribution is -2.40. The maximum absolute atomic E-state index is 12.5. The Morgan fingerprint density at radius 1 is 1.15 bits per heavy atom. The molecule has 3 heterocycles. The molecule has 0 spiro atoms. The van der Waals surface area contributed by atoms with Crippen LogP contribution in [-0.2, 0) is 15.1 Å². The number of aromatic amines is 1. The molecule has 7 nitrogen and oxygen atoms in total. The molecule has 3 aromatic rings. The van der Waals surface area contributed by atoms with Crippen molar-refractivity contribution < 1.29 is 9.59 Å². The molecule has 1 aliphatic rings. The molecule has 2 amide bonds. The lowest BCUT2D eigenvalue weighted by atomic mass is 9.96. The number of nitrogens with one attached hydrogen (secondary N) is 3. The predicted molar refractivity (Wildman–Crippen MR) is 132 cm³/mol. The zero-order chi connectivity index (χ0) is 23.4. The third-order valence-electron chi connectivity index (χ3n) is 6.19. The summed E-state index contributed by atoms with van der Waals surface area (Å²) in [5.41, 5.74) is 2.21. The number of H-pyrrole nitrogens is 1. The van der Waals surface area contributed by atoms with Gasteiger partial charge in [0.15, 0.2) is 0 Å². The van der Waals surface area contributed by atoms with Gasteiger partial charge in [-0.05, 0) is 88.1 Å². The van der Waals surface area contributed by atoms with Gasteiger partial charge in [0.25, 0.3) is 0 Å². The molecule has 7 heteroatoms. The predicted octanol–water partition coefficient (Wildman–Crippen LogP) is 3.91. The molecular formula is C26H31N5O2. The van der Waals surface area contributed by atoms with Crippen LogP contribution in [0.1, 0.15) is 37.9 Å². The molecule has 172 valence electrons. The second-order valence-corrected chi connectivity index (χ2v) is 9.26. The van der Waals surface area contributed by atoms with Crippen LogP contribution in [0.25, 0.3) is 17.0 Å². The van der Waals surface area contributed by atoms with Crippen LogP contribution in [0.4, 0.5) is 5.82 Å².